The molecule has 0 radical (unpaired) electrons. The van der Waals surface area contributed by atoms with Crippen LogP contribution in [-0.2, 0) is 4.79 Å². The molecule has 6 heteroatoms. The molecule has 19 heavy (non-hydrogen) atoms. The molecule has 1 aromatic rings. The van der Waals surface area contributed by atoms with Gasteiger partial charge in [0.2, 0.25) is 5.91 Å². The highest BCUT2D eigenvalue weighted by Gasteiger charge is 2.16. The predicted molar refractivity (Wildman–Crippen MR) is 70.1 cm³/mol. The summed E-state index contributed by atoms with van der Waals surface area (Å²) < 4.78 is 0. The van der Waals surface area contributed by atoms with Crippen molar-refractivity contribution in [2.75, 3.05) is 25.0 Å². The number of carbonyl (C=O) groups excluding carboxylic acids is 1. The molecule has 0 unspecified atom stereocenters. The van der Waals surface area contributed by atoms with Gasteiger partial charge in [0.15, 0.2) is 0 Å². The maximum absolute atomic E-state index is 11.9. The molecule has 1 aliphatic heterocycles. The number of piperidine rings is 1. The summed E-state index contributed by atoms with van der Waals surface area (Å²) in [6, 6.07) is 2.84. The number of anilines is 1. The Bertz CT molecular complexity index is 470. The van der Waals surface area contributed by atoms with Gasteiger partial charge in [-0.2, -0.15) is 0 Å². The van der Waals surface area contributed by atoms with E-state index in [4.69, 9.17) is 5.11 Å². The zero-order valence-electron chi connectivity index (χ0n) is 10.6. The monoisotopic (exact) mass is 263 g/mol. The summed E-state index contributed by atoms with van der Waals surface area (Å²) in [7, 11) is 0. The first kappa shape index (κ1) is 13.3. The van der Waals surface area contributed by atoms with Crippen molar-refractivity contribution in [2.24, 2.45) is 0 Å². The van der Waals surface area contributed by atoms with Crippen LogP contribution in [0.3, 0.4) is 0 Å². The Morgan fingerprint density at radius 1 is 1.32 bits per heavy atom. The maximum atomic E-state index is 11.9. The number of nitrogens with zero attached hydrogens (tertiary/aromatic N) is 2. The van der Waals surface area contributed by atoms with Crippen molar-refractivity contribution in [2.45, 2.75) is 19.3 Å². The zero-order chi connectivity index (χ0) is 13.7. The molecule has 0 aliphatic carbocycles. The number of nitrogens with one attached hydrogen (secondary N) is 1. The van der Waals surface area contributed by atoms with Crippen LogP contribution in [0.2, 0.25) is 0 Å². The van der Waals surface area contributed by atoms with Crippen LogP contribution in [0, 0.1) is 0 Å². The van der Waals surface area contributed by atoms with Gasteiger partial charge in [0, 0.05) is 19.3 Å². The molecular formula is C13H17N3O3. The van der Waals surface area contributed by atoms with E-state index in [0.717, 1.165) is 25.9 Å². The van der Waals surface area contributed by atoms with Crippen molar-refractivity contribution in [3.63, 3.8) is 0 Å². The zero-order valence-corrected chi connectivity index (χ0v) is 10.6. The second kappa shape index (κ2) is 6.17. The van der Waals surface area contributed by atoms with Crippen LogP contribution in [0.4, 0.5) is 5.82 Å². The first-order valence-electron chi connectivity index (χ1n) is 6.38. The van der Waals surface area contributed by atoms with E-state index < -0.39 is 5.97 Å². The number of carboxylic acid groups (broad SMARTS) is 1. The third-order valence-corrected chi connectivity index (χ3v) is 3.14. The lowest BCUT2D eigenvalue weighted by atomic mass is 10.1. The fourth-order valence-corrected chi connectivity index (χ4v) is 2.08. The molecular weight excluding hydrogens is 246 g/mol. The third-order valence-electron chi connectivity index (χ3n) is 3.14. The van der Waals surface area contributed by atoms with Gasteiger partial charge in [-0.15, -0.1) is 0 Å². The van der Waals surface area contributed by atoms with E-state index in [-0.39, 0.29) is 18.0 Å². The third kappa shape index (κ3) is 3.67. The van der Waals surface area contributed by atoms with Gasteiger partial charge in [0.05, 0.1) is 12.1 Å². The molecule has 0 spiro atoms. The van der Waals surface area contributed by atoms with E-state index >= 15 is 0 Å². The molecule has 0 aromatic carbocycles. The standard InChI is InChI=1S/C13H17N3O3/c17-12(16-6-2-1-3-7-16)9-15-11-8-10(13(18)19)4-5-14-11/h4-5,8H,1-3,6-7,9H2,(H,14,15)(H,18,19). The fourth-order valence-electron chi connectivity index (χ4n) is 2.08. The topological polar surface area (TPSA) is 82.5 Å². The van der Waals surface area contributed by atoms with Crippen LogP contribution in [0.25, 0.3) is 0 Å². The number of pyridine rings is 1. The summed E-state index contributed by atoms with van der Waals surface area (Å²) in [6.07, 6.45) is 4.70. The predicted octanol–water partition coefficient (Wildman–Crippen LogP) is 1.20. The van der Waals surface area contributed by atoms with Gasteiger partial charge in [0.1, 0.15) is 5.82 Å². The van der Waals surface area contributed by atoms with E-state index in [2.05, 4.69) is 10.3 Å². The highest BCUT2D eigenvalue weighted by Crippen LogP contribution is 2.10. The minimum Gasteiger partial charge on any atom is -0.478 e. The number of aromatic carboxylic acids is 1. The first-order chi connectivity index (χ1) is 9.16. The van der Waals surface area contributed by atoms with Crippen molar-refractivity contribution in [1.82, 2.24) is 9.88 Å². The minimum absolute atomic E-state index is 0.0298. The molecule has 0 bridgehead atoms. The Hall–Kier alpha value is -2.11. The molecule has 2 heterocycles. The number of amides is 1. The minimum atomic E-state index is -1.01. The largest absolute Gasteiger partial charge is 0.478 e. The Kier molecular flexibility index (Phi) is 4.33. The Labute approximate surface area is 111 Å². The summed E-state index contributed by atoms with van der Waals surface area (Å²) >= 11 is 0. The molecule has 1 saturated heterocycles. The van der Waals surface area contributed by atoms with Gasteiger partial charge < -0.3 is 15.3 Å². The van der Waals surface area contributed by atoms with Gasteiger partial charge >= 0.3 is 5.97 Å². The molecule has 2 N–H and O–H groups in total. The SMILES string of the molecule is O=C(O)c1ccnc(NCC(=O)N2CCCCC2)c1. The van der Waals surface area contributed by atoms with Crippen molar-refractivity contribution in [3.8, 4) is 0 Å². The van der Waals surface area contributed by atoms with Gasteiger partial charge in [-0.3, -0.25) is 4.79 Å². The lowest BCUT2D eigenvalue weighted by Crippen LogP contribution is -2.39. The molecule has 1 aromatic heterocycles. The van der Waals surface area contributed by atoms with E-state index in [1.165, 1.54) is 24.8 Å². The second-order valence-corrected chi connectivity index (χ2v) is 4.53. The number of hydrogen-bond donors (Lipinski definition) is 2. The van der Waals surface area contributed by atoms with Crippen LogP contribution >= 0.6 is 0 Å². The van der Waals surface area contributed by atoms with E-state index in [9.17, 15) is 9.59 Å². The number of aromatic nitrogens is 1. The maximum Gasteiger partial charge on any atom is 0.335 e. The molecule has 0 saturated carbocycles. The number of hydrogen-bond acceptors (Lipinski definition) is 4. The first-order valence-corrected chi connectivity index (χ1v) is 6.38. The van der Waals surface area contributed by atoms with Crippen LogP contribution in [0.5, 0.6) is 0 Å². The summed E-state index contributed by atoms with van der Waals surface area (Å²) in [6.45, 7) is 1.77. The Morgan fingerprint density at radius 3 is 2.74 bits per heavy atom. The Balaban J connectivity index is 1.89. The average Bonchev–Trinajstić information content (AvgIpc) is 2.46. The second-order valence-electron chi connectivity index (χ2n) is 4.53. The van der Waals surface area contributed by atoms with Crippen molar-refractivity contribution < 1.29 is 14.7 Å². The molecule has 1 amide bonds. The summed E-state index contributed by atoms with van der Waals surface area (Å²) in [4.78, 5) is 28.5. The molecule has 1 fully saturated rings. The van der Waals surface area contributed by atoms with Gasteiger partial charge in [-0.1, -0.05) is 0 Å². The number of likely N-dealkylation sites (tertiary alicyclic amines) is 1. The molecule has 0 atom stereocenters. The van der Waals surface area contributed by atoms with Gasteiger partial charge in [0.25, 0.3) is 0 Å². The van der Waals surface area contributed by atoms with Crippen molar-refractivity contribution in [1.29, 1.82) is 0 Å². The highest BCUT2D eigenvalue weighted by molar-refractivity contribution is 5.88. The van der Waals surface area contributed by atoms with E-state index in [1.54, 1.807) is 0 Å². The van der Waals surface area contributed by atoms with E-state index in [1.807, 2.05) is 4.90 Å². The molecule has 6 nitrogen and oxygen atoms in total. The van der Waals surface area contributed by atoms with Gasteiger partial charge in [-0.25, -0.2) is 9.78 Å². The highest BCUT2D eigenvalue weighted by atomic mass is 16.4. The Morgan fingerprint density at radius 2 is 2.05 bits per heavy atom. The van der Waals surface area contributed by atoms with E-state index in [0.29, 0.717) is 5.82 Å². The molecule has 1 aliphatic rings. The van der Waals surface area contributed by atoms with Crippen molar-refractivity contribution >= 4 is 17.7 Å². The quantitative estimate of drug-likeness (QED) is 0.853. The van der Waals surface area contributed by atoms with Crippen molar-refractivity contribution in [3.05, 3.63) is 23.9 Å². The van der Waals surface area contributed by atoms with Crippen LogP contribution in [0.1, 0.15) is 29.6 Å². The molecule has 2 rings (SSSR count). The van der Waals surface area contributed by atoms with Crippen LogP contribution in [0.15, 0.2) is 18.3 Å². The smallest absolute Gasteiger partial charge is 0.335 e. The summed E-state index contributed by atoms with van der Waals surface area (Å²) in [5.41, 5.74) is 0.155. The number of rotatable bonds is 4. The lowest BCUT2D eigenvalue weighted by molar-refractivity contribution is -0.130. The fraction of sp³-hybridized carbons (Fsp3) is 0.462. The summed E-state index contributed by atoms with van der Waals surface area (Å²) in [5, 5.41) is 11.7. The van der Waals surface area contributed by atoms with Crippen LogP contribution < -0.4 is 5.32 Å². The average molecular weight is 263 g/mol. The van der Waals surface area contributed by atoms with Crippen LogP contribution in [-0.4, -0.2) is 46.5 Å². The number of carboxylic acids is 1. The molecule has 102 valence electrons. The normalized spacial score (nSPS) is 15.1. The number of carbonyl (C=O) groups is 2. The summed E-state index contributed by atoms with van der Waals surface area (Å²) in [5.74, 6) is -0.569. The lowest BCUT2D eigenvalue weighted by Gasteiger charge is -2.26. The van der Waals surface area contributed by atoms with Gasteiger partial charge in [-0.05, 0) is 31.4 Å².